The molecule has 1 N–H and O–H groups in total. The molecule has 35 heavy (non-hydrogen) atoms. The van der Waals surface area contributed by atoms with Gasteiger partial charge in [-0.3, -0.25) is 0 Å². The lowest BCUT2D eigenvalue weighted by Crippen LogP contribution is -2.24. The van der Waals surface area contributed by atoms with E-state index in [0.29, 0.717) is 5.95 Å². The number of hydrogen-bond donors (Lipinski definition) is 1. The van der Waals surface area contributed by atoms with Crippen molar-refractivity contribution in [1.82, 2.24) is 19.9 Å². The van der Waals surface area contributed by atoms with Crippen LogP contribution in [0.3, 0.4) is 0 Å². The second kappa shape index (κ2) is 12.0. The minimum Gasteiger partial charge on any atom is -0.348 e. The topological polar surface area (TPSA) is 53.9 Å². The fraction of sp³-hybridized carbons (Fsp3) is 0.321. The molecule has 2 aromatic carbocycles. The Bertz CT molecular complexity index is 1220. The normalized spacial score (nSPS) is 14.6. The summed E-state index contributed by atoms with van der Waals surface area (Å²) in [6, 6.07) is 18.6. The van der Waals surface area contributed by atoms with E-state index in [9.17, 15) is 4.39 Å². The summed E-state index contributed by atoms with van der Waals surface area (Å²) in [6.45, 7) is 6.65. The quantitative estimate of drug-likeness (QED) is 0.327. The smallest absolute Gasteiger partial charge is 0.223 e. The predicted molar refractivity (Wildman–Crippen MR) is 143 cm³/mol. The Morgan fingerprint density at radius 3 is 2.43 bits per heavy atom. The van der Waals surface area contributed by atoms with Gasteiger partial charge in [0.05, 0.1) is 27.3 Å². The SMILES string of the molecule is CN1CCCCC1.Cc1nc(-c2cccc(F)c2)c(-c2ccnc(NC(C)c3ccccc3)n2)s1. The lowest BCUT2D eigenvalue weighted by molar-refractivity contribution is 0.277. The standard InChI is InChI=1S/C22H19FN4S.C6H13N/c1-14(16-7-4-3-5-8-16)25-22-24-12-11-19(27-22)21-20(26-15(2)28-21)17-9-6-10-18(23)13-17;1-7-5-3-2-4-6-7/h3-14H,1-2H3,(H,24,25,27);2-6H2,1H3. The molecule has 0 spiro atoms. The molecule has 3 heterocycles. The number of hydrogen-bond acceptors (Lipinski definition) is 6. The van der Waals surface area contributed by atoms with Crippen molar-refractivity contribution in [3.8, 4) is 21.8 Å². The zero-order chi connectivity index (χ0) is 24.6. The van der Waals surface area contributed by atoms with Crippen LogP contribution >= 0.6 is 11.3 Å². The molecular weight excluding hydrogens is 457 g/mol. The molecule has 1 aliphatic heterocycles. The molecule has 4 aromatic rings. The van der Waals surface area contributed by atoms with Gasteiger partial charge in [0.1, 0.15) is 5.82 Å². The lowest BCUT2D eigenvalue weighted by atomic mass is 10.1. The number of thiazole rings is 1. The van der Waals surface area contributed by atoms with Crippen molar-refractivity contribution < 1.29 is 4.39 Å². The maximum absolute atomic E-state index is 13.7. The average Bonchev–Trinajstić information content (AvgIpc) is 3.27. The molecular formula is C28H32FN5S. The largest absolute Gasteiger partial charge is 0.348 e. The van der Waals surface area contributed by atoms with Gasteiger partial charge < -0.3 is 10.2 Å². The number of piperidine rings is 1. The van der Waals surface area contributed by atoms with Crippen molar-refractivity contribution >= 4 is 17.3 Å². The van der Waals surface area contributed by atoms with Crippen molar-refractivity contribution in [2.24, 2.45) is 0 Å². The van der Waals surface area contributed by atoms with Crippen LogP contribution in [0.25, 0.3) is 21.8 Å². The summed E-state index contributed by atoms with van der Waals surface area (Å²) in [4.78, 5) is 16.9. The molecule has 1 fully saturated rings. The molecule has 7 heteroatoms. The van der Waals surface area contributed by atoms with Gasteiger partial charge in [0.2, 0.25) is 5.95 Å². The highest BCUT2D eigenvalue weighted by Crippen LogP contribution is 2.36. The van der Waals surface area contributed by atoms with Crippen molar-refractivity contribution in [3.05, 3.63) is 83.2 Å². The van der Waals surface area contributed by atoms with Crippen molar-refractivity contribution in [1.29, 1.82) is 0 Å². The van der Waals surface area contributed by atoms with E-state index in [0.717, 1.165) is 32.4 Å². The monoisotopic (exact) mass is 489 g/mol. The molecule has 0 amide bonds. The number of likely N-dealkylation sites (tertiary alicyclic amines) is 1. The minimum absolute atomic E-state index is 0.0716. The van der Waals surface area contributed by atoms with Crippen LogP contribution in [-0.2, 0) is 0 Å². The van der Waals surface area contributed by atoms with Crippen molar-refractivity contribution in [3.63, 3.8) is 0 Å². The Kier molecular flexibility index (Phi) is 8.55. The first kappa shape index (κ1) is 24.9. The molecule has 0 aliphatic carbocycles. The Hall–Kier alpha value is -3.16. The first-order valence-electron chi connectivity index (χ1n) is 12.1. The van der Waals surface area contributed by atoms with Gasteiger partial charge in [0, 0.05) is 11.8 Å². The average molecular weight is 490 g/mol. The first-order valence-corrected chi connectivity index (χ1v) is 12.9. The number of halogens is 1. The molecule has 1 aliphatic rings. The molecule has 0 saturated carbocycles. The van der Waals surface area contributed by atoms with E-state index in [1.54, 1.807) is 23.6 Å². The van der Waals surface area contributed by atoms with Crippen LogP contribution in [0.2, 0.25) is 0 Å². The zero-order valence-electron chi connectivity index (χ0n) is 20.5. The van der Waals surface area contributed by atoms with Crippen LogP contribution in [0.1, 0.15) is 42.8 Å². The fourth-order valence-electron chi connectivity index (χ4n) is 4.06. The molecule has 182 valence electrons. The predicted octanol–water partition coefficient (Wildman–Crippen LogP) is 6.99. The van der Waals surface area contributed by atoms with Gasteiger partial charge in [-0.05, 0) is 70.6 Å². The van der Waals surface area contributed by atoms with Crippen LogP contribution in [-0.4, -0.2) is 40.0 Å². The van der Waals surface area contributed by atoms with Gasteiger partial charge in [0.15, 0.2) is 0 Å². The summed E-state index contributed by atoms with van der Waals surface area (Å²) >= 11 is 1.54. The summed E-state index contributed by atoms with van der Waals surface area (Å²) in [5, 5.41) is 4.25. The Balaban J connectivity index is 0.000000356. The van der Waals surface area contributed by atoms with E-state index in [1.165, 1.54) is 44.5 Å². The van der Waals surface area contributed by atoms with Crippen LogP contribution in [0.5, 0.6) is 0 Å². The lowest BCUT2D eigenvalue weighted by Gasteiger charge is -2.20. The zero-order valence-corrected chi connectivity index (χ0v) is 21.4. The van der Waals surface area contributed by atoms with E-state index in [4.69, 9.17) is 0 Å². The summed E-state index contributed by atoms with van der Waals surface area (Å²) in [6.07, 6.45) is 6.00. The number of aromatic nitrogens is 3. The van der Waals surface area contributed by atoms with Crippen LogP contribution < -0.4 is 5.32 Å². The second-order valence-electron chi connectivity index (χ2n) is 8.83. The number of aryl methyl sites for hydroxylation is 1. The highest BCUT2D eigenvalue weighted by molar-refractivity contribution is 7.15. The third-order valence-electron chi connectivity index (χ3n) is 5.95. The minimum atomic E-state index is -0.282. The molecule has 5 nitrogen and oxygen atoms in total. The van der Waals surface area contributed by atoms with Gasteiger partial charge >= 0.3 is 0 Å². The molecule has 1 atom stereocenters. The summed E-state index contributed by atoms with van der Waals surface area (Å²) in [5.41, 5.74) is 3.40. The second-order valence-corrected chi connectivity index (χ2v) is 10.0. The highest BCUT2D eigenvalue weighted by Gasteiger charge is 2.16. The maximum Gasteiger partial charge on any atom is 0.223 e. The Morgan fingerprint density at radius 2 is 1.74 bits per heavy atom. The molecule has 2 aromatic heterocycles. The maximum atomic E-state index is 13.7. The summed E-state index contributed by atoms with van der Waals surface area (Å²) < 4.78 is 13.7. The van der Waals surface area contributed by atoms with Gasteiger partial charge in [-0.2, -0.15) is 0 Å². The van der Waals surface area contributed by atoms with Crippen LogP contribution in [0.4, 0.5) is 10.3 Å². The summed E-state index contributed by atoms with van der Waals surface area (Å²) in [7, 11) is 2.19. The molecule has 1 saturated heterocycles. The van der Waals surface area contributed by atoms with E-state index >= 15 is 0 Å². The van der Waals surface area contributed by atoms with Gasteiger partial charge in [-0.25, -0.2) is 19.3 Å². The molecule has 0 bridgehead atoms. The number of nitrogens with one attached hydrogen (secondary N) is 1. The van der Waals surface area contributed by atoms with E-state index in [2.05, 4.69) is 51.3 Å². The Labute approximate surface area is 211 Å². The number of anilines is 1. The number of benzene rings is 2. The fourth-order valence-corrected chi connectivity index (χ4v) is 4.97. The van der Waals surface area contributed by atoms with Crippen LogP contribution in [0.15, 0.2) is 66.9 Å². The van der Waals surface area contributed by atoms with E-state index in [1.807, 2.05) is 37.3 Å². The van der Waals surface area contributed by atoms with Crippen LogP contribution in [0, 0.1) is 12.7 Å². The first-order chi connectivity index (χ1) is 17.0. The van der Waals surface area contributed by atoms with Crippen molar-refractivity contribution in [2.45, 2.75) is 39.2 Å². The summed E-state index contributed by atoms with van der Waals surface area (Å²) in [5.74, 6) is 0.265. The third kappa shape index (κ3) is 6.93. The molecule has 5 rings (SSSR count). The molecule has 1 unspecified atom stereocenters. The van der Waals surface area contributed by atoms with E-state index < -0.39 is 0 Å². The van der Waals surface area contributed by atoms with Gasteiger partial charge in [0.25, 0.3) is 0 Å². The number of nitrogens with zero attached hydrogens (tertiary/aromatic N) is 4. The van der Waals surface area contributed by atoms with Gasteiger partial charge in [-0.15, -0.1) is 11.3 Å². The van der Waals surface area contributed by atoms with Crippen molar-refractivity contribution in [2.75, 3.05) is 25.5 Å². The molecule has 0 radical (unpaired) electrons. The highest BCUT2D eigenvalue weighted by atomic mass is 32.1. The third-order valence-corrected chi connectivity index (χ3v) is 6.94. The Morgan fingerprint density at radius 1 is 0.971 bits per heavy atom. The van der Waals surface area contributed by atoms with Gasteiger partial charge in [-0.1, -0.05) is 48.9 Å². The van der Waals surface area contributed by atoms with E-state index in [-0.39, 0.29) is 11.9 Å². The number of rotatable bonds is 5.